The van der Waals surface area contributed by atoms with E-state index in [9.17, 15) is 8.42 Å². The van der Waals surface area contributed by atoms with E-state index in [2.05, 4.69) is 51.7 Å². The molecule has 2 rings (SSSR count). The van der Waals surface area contributed by atoms with Crippen LogP contribution < -0.4 is 15.4 Å². The van der Waals surface area contributed by atoms with Gasteiger partial charge in [-0.2, -0.15) is 0 Å². The van der Waals surface area contributed by atoms with Gasteiger partial charge in [-0.3, -0.25) is 4.99 Å². The molecule has 0 aliphatic heterocycles. The summed E-state index contributed by atoms with van der Waals surface area (Å²) in [6.07, 6.45) is 0. The van der Waals surface area contributed by atoms with Crippen LogP contribution in [0.3, 0.4) is 0 Å². The van der Waals surface area contributed by atoms with Crippen LogP contribution in [-0.2, 0) is 26.7 Å². The third-order valence-corrected chi connectivity index (χ3v) is 7.11. The summed E-state index contributed by atoms with van der Waals surface area (Å²) < 4.78 is 31.8. The van der Waals surface area contributed by atoms with Crippen molar-refractivity contribution in [1.29, 1.82) is 0 Å². The number of sulfonamides is 1. The number of nitrogens with one attached hydrogen (secondary N) is 3. The number of rotatable bonds is 10. The fourth-order valence-corrected chi connectivity index (χ4v) is 4.47. The van der Waals surface area contributed by atoms with Gasteiger partial charge in [0, 0.05) is 44.1 Å². The van der Waals surface area contributed by atoms with Crippen LogP contribution in [0.15, 0.2) is 51.7 Å². The molecule has 1 aromatic heterocycles. The van der Waals surface area contributed by atoms with Gasteiger partial charge in [0.2, 0.25) is 10.0 Å². The molecule has 0 saturated heterocycles. The van der Waals surface area contributed by atoms with Gasteiger partial charge in [0.15, 0.2) is 5.96 Å². The molecule has 0 radical (unpaired) electrons. The normalized spacial score (nSPS) is 12.8. The minimum absolute atomic E-state index is 0.00237. The van der Waals surface area contributed by atoms with Crippen LogP contribution in [0.4, 0.5) is 0 Å². The van der Waals surface area contributed by atoms with E-state index in [0.717, 1.165) is 12.1 Å². The van der Waals surface area contributed by atoms with Crippen LogP contribution in [0.1, 0.15) is 24.3 Å². The quantitative estimate of drug-likeness (QED) is 0.301. The summed E-state index contributed by atoms with van der Waals surface area (Å²) in [5.41, 5.74) is 0.957. The molecule has 0 aliphatic carbocycles. The molecule has 0 spiro atoms. The van der Waals surface area contributed by atoms with E-state index in [1.165, 1.54) is 12.0 Å². The maximum atomic E-state index is 12.2. The molecule has 3 N–H and O–H groups in total. The minimum Gasteiger partial charge on any atom is -0.383 e. The highest BCUT2D eigenvalue weighted by atomic mass is 32.2. The largest absolute Gasteiger partial charge is 0.383 e. The number of aliphatic imine (C=N–C) groups is 1. The fourth-order valence-electron chi connectivity index (χ4n) is 2.61. The van der Waals surface area contributed by atoms with E-state index in [-0.39, 0.29) is 16.9 Å². The highest BCUT2D eigenvalue weighted by Gasteiger charge is 2.22. The van der Waals surface area contributed by atoms with Gasteiger partial charge in [0.25, 0.3) is 0 Å². The Hall–Kier alpha value is -1.94. The first-order valence-electron chi connectivity index (χ1n) is 9.34. The number of hydrogen-bond acceptors (Lipinski definition) is 5. The molecule has 1 aromatic carbocycles. The number of nitrogens with zero attached hydrogens (tertiary/aromatic N) is 1. The third-order valence-electron chi connectivity index (χ3n) is 4.40. The number of ether oxygens (including phenoxy) is 1. The molecule has 2 aromatic rings. The summed E-state index contributed by atoms with van der Waals surface area (Å²) in [5.74, 6) is 0.701. The smallest absolute Gasteiger partial charge is 0.240 e. The first-order valence-corrected chi connectivity index (χ1v) is 11.7. The van der Waals surface area contributed by atoms with Crippen molar-refractivity contribution in [2.24, 2.45) is 4.99 Å². The van der Waals surface area contributed by atoms with Crippen molar-refractivity contribution in [2.45, 2.75) is 30.7 Å². The first kappa shape index (κ1) is 23.3. The Bertz CT molecular complexity index is 877. The topological polar surface area (TPSA) is 91.8 Å². The van der Waals surface area contributed by atoms with Gasteiger partial charge in [-0.25, -0.2) is 13.1 Å². The molecular weight excluding hydrogens is 408 g/mol. The Morgan fingerprint density at radius 2 is 1.90 bits per heavy atom. The van der Waals surface area contributed by atoms with E-state index < -0.39 is 10.0 Å². The van der Waals surface area contributed by atoms with Crippen molar-refractivity contribution in [3.8, 4) is 0 Å². The monoisotopic (exact) mass is 438 g/mol. The van der Waals surface area contributed by atoms with Gasteiger partial charge >= 0.3 is 0 Å². The Kier molecular flexibility index (Phi) is 8.63. The summed E-state index contributed by atoms with van der Waals surface area (Å²) in [7, 11) is -0.257. The molecule has 0 saturated carbocycles. The van der Waals surface area contributed by atoms with E-state index in [1.807, 2.05) is 0 Å². The lowest BCUT2D eigenvalue weighted by Gasteiger charge is -2.25. The van der Waals surface area contributed by atoms with Crippen LogP contribution in [0.5, 0.6) is 0 Å². The fraction of sp³-hybridized carbons (Fsp3) is 0.450. The zero-order chi connectivity index (χ0) is 21.3. The Balaban J connectivity index is 1.88. The molecule has 0 bridgehead atoms. The van der Waals surface area contributed by atoms with Crippen molar-refractivity contribution >= 4 is 27.3 Å². The second-order valence-electron chi connectivity index (χ2n) is 7.18. The molecule has 0 amide bonds. The molecule has 1 heterocycles. The SMILES string of the molecule is CN=C(NCc1ccc(S(=O)(=O)NCCOC)cc1)NCC(C)(C)c1cccs1. The van der Waals surface area contributed by atoms with Crippen LogP contribution in [0, 0.1) is 0 Å². The zero-order valence-electron chi connectivity index (χ0n) is 17.4. The molecule has 9 heteroatoms. The lowest BCUT2D eigenvalue weighted by atomic mass is 9.91. The second-order valence-corrected chi connectivity index (χ2v) is 9.89. The first-order chi connectivity index (χ1) is 13.8. The van der Waals surface area contributed by atoms with Gasteiger partial charge < -0.3 is 15.4 Å². The number of methoxy groups -OCH3 is 1. The van der Waals surface area contributed by atoms with Gasteiger partial charge in [0.1, 0.15) is 0 Å². The summed E-state index contributed by atoms with van der Waals surface area (Å²) in [5, 5.41) is 8.71. The number of guanidine groups is 1. The minimum atomic E-state index is -3.52. The highest BCUT2D eigenvalue weighted by molar-refractivity contribution is 7.89. The van der Waals surface area contributed by atoms with E-state index in [1.54, 1.807) is 42.6 Å². The lowest BCUT2D eigenvalue weighted by molar-refractivity contribution is 0.204. The number of thiophene rings is 1. The molecule has 0 fully saturated rings. The van der Waals surface area contributed by atoms with Crippen LogP contribution in [0.25, 0.3) is 0 Å². The van der Waals surface area contributed by atoms with E-state index in [4.69, 9.17) is 4.74 Å². The molecule has 0 unspecified atom stereocenters. The Morgan fingerprint density at radius 3 is 2.48 bits per heavy atom. The lowest BCUT2D eigenvalue weighted by Crippen LogP contribution is -2.42. The molecule has 7 nitrogen and oxygen atoms in total. The van der Waals surface area contributed by atoms with E-state index in [0.29, 0.717) is 19.1 Å². The van der Waals surface area contributed by atoms with Crippen molar-refractivity contribution < 1.29 is 13.2 Å². The van der Waals surface area contributed by atoms with Crippen LogP contribution in [0.2, 0.25) is 0 Å². The van der Waals surface area contributed by atoms with Crippen LogP contribution in [-0.4, -0.2) is 48.2 Å². The van der Waals surface area contributed by atoms with Crippen molar-refractivity contribution in [3.05, 3.63) is 52.2 Å². The molecule has 29 heavy (non-hydrogen) atoms. The Labute approximate surface area is 177 Å². The van der Waals surface area contributed by atoms with Crippen molar-refractivity contribution in [2.75, 3.05) is 33.9 Å². The molecule has 0 aliphatic rings. The molecular formula is C20H30N4O3S2. The maximum Gasteiger partial charge on any atom is 0.240 e. The standard InChI is InChI=1S/C20H30N4O3S2/c1-20(2,18-6-5-13-28-18)15-23-19(21-3)22-14-16-7-9-17(10-8-16)29(25,26)24-11-12-27-4/h5-10,13,24H,11-12,14-15H2,1-4H3,(H2,21,22,23). The van der Waals surface area contributed by atoms with E-state index >= 15 is 0 Å². The number of benzene rings is 1. The van der Waals surface area contributed by atoms with Crippen molar-refractivity contribution in [3.63, 3.8) is 0 Å². The average molecular weight is 439 g/mol. The summed E-state index contributed by atoms with van der Waals surface area (Å²) >= 11 is 1.75. The predicted molar refractivity (Wildman–Crippen MR) is 119 cm³/mol. The molecule has 0 atom stereocenters. The van der Waals surface area contributed by atoms with Gasteiger partial charge in [-0.15, -0.1) is 11.3 Å². The summed E-state index contributed by atoms with van der Waals surface area (Å²) in [6, 6.07) is 11.0. The van der Waals surface area contributed by atoms with Gasteiger partial charge in [-0.05, 0) is 29.1 Å². The summed E-state index contributed by atoms with van der Waals surface area (Å²) in [6.45, 7) is 6.24. The zero-order valence-corrected chi connectivity index (χ0v) is 19.0. The highest BCUT2D eigenvalue weighted by Crippen LogP contribution is 2.26. The van der Waals surface area contributed by atoms with Gasteiger partial charge in [-0.1, -0.05) is 32.0 Å². The predicted octanol–water partition coefficient (Wildman–Crippen LogP) is 2.32. The van der Waals surface area contributed by atoms with Gasteiger partial charge in [0.05, 0.1) is 11.5 Å². The average Bonchev–Trinajstić information content (AvgIpc) is 3.24. The second kappa shape index (κ2) is 10.7. The third kappa shape index (κ3) is 7.11. The van der Waals surface area contributed by atoms with Crippen molar-refractivity contribution in [1.82, 2.24) is 15.4 Å². The van der Waals surface area contributed by atoms with Crippen LogP contribution >= 0.6 is 11.3 Å². The number of hydrogen-bond donors (Lipinski definition) is 3. The Morgan fingerprint density at radius 1 is 1.17 bits per heavy atom. The summed E-state index contributed by atoms with van der Waals surface area (Å²) in [4.78, 5) is 5.82. The molecule has 160 valence electrons. The maximum absolute atomic E-state index is 12.2.